The molecule has 2 aromatic heterocycles. The van der Waals surface area contributed by atoms with Crippen LogP contribution in [0, 0.1) is 5.82 Å². The van der Waals surface area contributed by atoms with Gasteiger partial charge in [0, 0.05) is 4.88 Å². The number of halogens is 1. The molecule has 0 radical (unpaired) electrons. The van der Waals surface area contributed by atoms with Gasteiger partial charge >= 0.3 is 0 Å². The van der Waals surface area contributed by atoms with E-state index in [4.69, 9.17) is 4.42 Å². The number of aromatic nitrogens is 1. The summed E-state index contributed by atoms with van der Waals surface area (Å²) in [5, 5.41) is 5.43. The van der Waals surface area contributed by atoms with Gasteiger partial charge in [-0.2, -0.15) is 0 Å². The smallest absolute Gasteiger partial charge is 0.257 e. The lowest BCUT2D eigenvalue weighted by molar-refractivity contribution is -0.119. The predicted molar refractivity (Wildman–Crippen MR) is 105 cm³/mol. The lowest BCUT2D eigenvalue weighted by Gasteiger charge is -2.18. The summed E-state index contributed by atoms with van der Waals surface area (Å²) in [6.45, 7) is 0. The van der Waals surface area contributed by atoms with E-state index < -0.39 is 0 Å². The van der Waals surface area contributed by atoms with Gasteiger partial charge in [0.05, 0.1) is 11.8 Å². The Hall–Kier alpha value is -2.64. The number of amides is 1. The van der Waals surface area contributed by atoms with Crippen LogP contribution in [0.15, 0.2) is 75.7 Å². The maximum absolute atomic E-state index is 13.2. The van der Waals surface area contributed by atoms with Crippen LogP contribution in [-0.2, 0) is 4.79 Å². The van der Waals surface area contributed by atoms with Crippen LogP contribution in [0.4, 0.5) is 4.39 Å². The van der Waals surface area contributed by atoms with E-state index in [1.54, 1.807) is 23.5 Å². The van der Waals surface area contributed by atoms with Gasteiger partial charge in [0.15, 0.2) is 5.58 Å². The number of oxazole rings is 1. The number of benzene rings is 2. The van der Waals surface area contributed by atoms with Gasteiger partial charge in [0.1, 0.15) is 11.3 Å². The largest absolute Gasteiger partial charge is 0.431 e. The Kier molecular flexibility index (Phi) is 5.22. The molecule has 2 heterocycles. The van der Waals surface area contributed by atoms with Crippen molar-refractivity contribution in [1.29, 1.82) is 0 Å². The Morgan fingerprint density at radius 3 is 2.70 bits per heavy atom. The predicted octanol–water partition coefficient (Wildman–Crippen LogP) is 5.03. The average molecular weight is 398 g/mol. The summed E-state index contributed by atoms with van der Waals surface area (Å²) in [6.07, 6.45) is 0. The second-order valence-electron chi connectivity index (χ2n) is 5.80. The number of thioether (sulfide) groups is 1. The van der Waals surface area contributed by atoms with E-state index in [1.807, 2.05) is 41.8 Å². The zero-order valence-corrected chi connectivity index (χ0v) is 15.7. The van der Waals surface area contributed by atoms with Gasteiger partial charge in [0.25, 0.3) is 5.22 Å². The first-order valence-corrected chi connectivity index (χ1v) is 10.1. The molecule has 0 fully saturated rings. The number of nitrogens with one attached hydrogen (secondary N) is 1. The summed E-state index contributed by atoms with van der Waals surface area (Å²) in [4.78, 5) is 17.9. The van der Waals surface area contributed by atoms with Gasteiger partial charge < -0.3 is 9.73 Å². The first kappa shape index (κ1) is 17.8. The maximum Gasteiger partial charge on any atom is 0.257 e. The fourth-order valence-electron chi connectivity index (χ4n) is 2.67. The second-order valence-corrected chi connectivity index (χ2v) is 7.71. The van der Waals surface area contributed by atoms with E-state index in [9.17, 15) is 9.18 Å². The van der Waals surface area contributed by atoms with Gasteiger partial charge in [-0.15, -0.1) is 11.3 Å². The number of carbonyl (C=O) groups excluding carboxylic acids is 1. The fourth-order valence-corrected chi connectivity index (χ4v) is 4.12. The van der Waals surface area contributed by atoms with Gasteiger partial charge in [-0.1, -0.05) is 42.1 Å². The number of carbonyl (C=O) groups is 1. The van der Waals surface area contributed by atoms with Crippen LogP contribution in [0.25, 0.3) is 11.1 Å². The van der Waals surface area contributed by atoms with Crippen molar-refractivity contribution in [3.63, 3.8) is 0 Å². The van der Waals surface area contributed by atoms with E-state index >= 15 is 0 Å². The molecule has 0 bridgehead atoms. The van der Waals surface area contributed by atoms with E-state index in [1.165, 1.54) is 23.9 Å². The van der Waals surface area contributed by atoms with Gasteiger partial charge in [0.2, 0.25) is 5.91 Å². The van der Waals surface area contributed by atoms with Crippen molar-refractivity contribution in [2.45, 2.75) is 11.3 Å². The van der Waals surface area contributed by atoms with E-state index in [0.29, 0.717) is 10.8 Å². The number of hydrogen-bond acceptors (Lipinski definition) is 5. The summed E-state index contributed by atoms with van der Waals surface area (Å²) in [5.74, 6) is -0.276. The van der Waals surface area contributed by atoms with Crippen LogP contribution < -0.4 is 5.32 Å². The molecule has 2 aromatic carbocycles. The molecule has 0 spiro atoms. The van der Waals surface area contributed by atoms with Gasteiger partial charge in [-0.05, 0) is 41.3 Å². The Morgan fingerprint density at radius 1 is 1.15 bits per heavy atom. The van der Waals surface area contributed by atoms with Crippen molar-refractivity contribution < 1.29 is 13.6 Å². The molecular formula is C20H15FN2O2S2. The molecular weight excluding hydrogens is 383 g/mol. The highest BCUT2D eigenvalue weighted by Crippen LogP contribution is 2.27. The Bertz CT molecular complexity index is 1010. The lowest BCUT2D eigenvalue weighted by Crippen LogP contribution is -2.30. The minimum atomic E-state index is -0.317. The molecule has 0 saturated carbocycles. The molecule has 0 aliphatic heterocycles. The van der Waals surface area contributed by atoms with Crippen molar-refractivity contribution in [2.75, 3.05) is 5.75 Å². The van der Waals surface area contributed by atoms with Crippen molar-refractivity contribution in [1.82, 2.24) is 10.3 Å². The molecule has 1 atom stereocenters. The third kappa shape index (κ3) is 4.20. The fraction of sp³-hybridized carbons (Fsp3) is 0.100. The normalized spacial score (nSPS) is 12.2. The van der Waals surface area contributed by atoms with Crippen LogP contribution in [0.5, 0.6) is 0 Å². The zero-order chi connectivity index (χ0) is 18.6. The van der Waals surface area contributed by atoms with Gasteiger partial charge in [-0.3, -0.25) is 4.79 Å². The SMILES string of the molecule is O=C(CSc1nc2ccccc2o1)N[C@@H](c1ccc(F)cc1)c1cccs1. The number of fused-ring (bicyclic) bond motifs is 1. The molecule has 136 valence electrons. The average Bonchev–Trinajstić information content (AvgIpc) is 3.34. The molecule has 0 aliphatic carbocycles. The van der Waals surface area contributed by atoms with Gasteiger partial charge in [-0.25, -0.2) is 9.37 Å². The number of thiophene rings is 1. The molecule has 4 rings (SSSR count). The topological polar surface area (TPSA) is 55.1 Å². The van der Waals surface area contributed by atoms with E-state index in [-0.39, 0.29) is 23.5 Å². The Labute approximate surface area is 163 Å². The first-order chi connectivity index (χ1) is 13.2. The molecule has 7 heteroatoms. The molecule has 4 aromatic rings. The highest BCUT2D eigenvalue weighted by atomic mass is 32.2. The minimum Gasteiger partial charge on any atom is -0.431 e. The van der Waals surface area contributed by atoms with Crippen LogP contribution in [0.3, 0.4) is 0 Å². The van der Waals surface area contributed by atoms with Crippen LogP contribution in [-0.4, -0.2) is 16.6 Å². The standard InChI is InChI=1S/C20H15FN2O2S2/c21-14-9-7-13(8-10-14)19(17-6-3-11-26-17)23-18(24)12-27-20-22-15-4-1-2-5-16(15)25-20/h1-11,19H,12H2,(H,23,24)/t19-/m0/s1. The first-order valence-electron chi connectivity index (χ1n) is 8.25. The highest BCUT2D eigenvalue weighted by molar-refractivity contribution is 7.99. The zero-order valence-electron chi connectivity index (χ0n) is 14.1. The maximum atomic E-state index is 13.2. The number of nitrogens with zero attached hydrogens (tertiary/aromatic N) is 1. The van der Waals surface area contributed by atoms with Crippen molar-refractivity contribution in [2.24, 2.45) is 0 Å². The van der Waals surface area contributed by atoms with E-state index in [2.05, 4.69) is 10.3 Å². The summed E-state index contributed by atoms with van der Waals surface area (Å²) in [6, 6.07) is 17.2. The third-order valence-electron chi connectivity index (χ3n) is 3.94. The Morgan fingerprint density at radius 2 is 1.96 bits per heavy atom. The number of para-hydroxylation sites is 2. The van der Waals surface area contributed by atoms with E-state index in [0.717, 1.165) is 16.0 Å². The lowest BCUT2D eigenvalue weighted by atomic mass is 10.1. The third-order valence-corrected chi connectivity index (χ3v) is 5.70. The molecule has 0 saturated heterocycles. The molecule has 27 heavy (non-hydrogen) atoms. The Balaban J connectivity index is 1.46. The monoisotopic (exact) mass is 398 g/mol. The van der Waals surface area contributed by atoms with Crippen LogP contribution >= 0.6 is 23.1 Å². The number of hydrogen-bond donors (Lipinski definition) is 1. The van der Waals surface area contributed by atoms with Crippen molar-refractivity contribution in [3.8, 4) is 0 Å². The molecule has 0 aliphatic rings. The summed E-state index contributed by atoms with van der Waals surface area (Å²) in [5.41, 5.74) is 2.30. The minimum absolute atomic E-state index is 0.148. The molecule has 4 nitrogen and oxygen atoms in total. The summed E-state index contributed by atoms with van der Waals surface area (Å²) in [7, 11) is 0. The molecule has 0 unspecified atom stereocenters. The highest BCUT2D eigenvalue weighted by Gasteiger charge is 2.19. The molecule has 1 N–H and O–H groups in total. The van der Waals surface area contributed by atoms with Crippen LogP contribution in [0.2, 0.25) is 0 Å². The number of rotatable bonds is 6. The summed E-state index contributed by atoms with van der Waals surface area (Å²) >= 11 is 2.79. The van der Waals surface area contributed by atoms with Crippen molar-refractivity contribution in [3.05, 3.63) is 82.3 Å². The van der Waals surface area contributed by atoms with Crippen molar-refractivity contribution >= 4 is 40.1 Å². The molecule has 1 amide bonds. The second kappa shape index (κ2) is 7.94. The quantitative estimate of drug-likeness (QED) is 0.463. The van der Waals surface area contributed by atoms with Crippen LogP contribution in [0.1, 0.15) is 16.5 Å². The summed E-state index contributed by atoms with van der Waals surface area (Å²) < 4.78 is 18.9.